The number of morpholine rings is 1. The van der Waals surface area contributed by atoms with Gasteiger partial charge in [0.25, 0.3) is 0 Å². The molecule has 2 unspecified atom stereocenters. The van der Waals surface area contributed by atoms with E-state index in [1.165, 1.54) is 31.4 Å². The summed E-state index contributed by atoms with van der Waals surface area (Å²) < 4.78 is 18.5. The Labute approximate surface area is 137 Å². The van der Waals surface area contributed by atoms with Crippen LogP contribution in [0.15, 0.2) is 24.3 Å². The molecule has 3 rings (SSSR count). The number of nitrogens with one attached hydrogen (secondary N) is 1. The van der Waals surface area contributed by atoms with E-state index in [9.17, 15) is 9.50 Å². The molecule has 1 aromatic rings. The van der Waals surface area contributed by atoms with Gasteiger partial charge in [-0.1, -0.05) is 18.6 Å². The Kier molecular flexibility index (Phi) is 6.00. The van der Waals surface area contributed by atoms with E-state index in [0.717, 1.165) is 31.9 Å². The molecule has 0 radical (unpaired) electrons. The maximum Gasteiger partial charge on any atom is 0.123 e. The van der Waals surface area contributed by atoms with Gasteiger partial charge in [0.05, 0.1) is 19.3 Å². The van der Waals surface area contributed by atoms with Crippen molar-refractivity contribution < 1.29 is 14.2 Å². The zero-order valence-corrected chi connectivity index (χ0v) is 13.6. The number of aliphatic hydroxyl groups excluding tert-OH is 1. The van der Waals surface area contributed by atoms with E-state index in [4.69, 9.17) is 4.74 Å². The van der Waals surface area contributed by atoms with Crippen LogP contribution in [0.4, 0.5) is 4.39 Å². The molecule has 2 atom stereocenters. The van der Waals surface area contributed by atoms with Crippen molar-refractivity contribution in [3.63, 3.8) is 0 Å². The quantitative estimate of drug-likeness (QED) is 0.805. The molecule has 1 aromatic carbocycles. The maximum atomic E-state index is 13.1. The van der Waals surface area contributed by atoms with Crippen LogP contribution in [0.3, 0.4) is 0 Å². The van der Waals surface area contributed by atoms with Gasteiger partial charge in [-0.2, -0.15) is 0 Å². The lowest BCUT2D eigenvalue weighted by molar-refractivity contribution is 0.0137. The summed E-state index contributed by atoms with van der Waals surface area (Å²) in [5.41, 5.74) is 1.12. The van der Waals surface area contributed by atoms with E-state index in [1.54, 1.807) is 0 Å². The van der Waals surface area contributed by atoms with Gasteiger partial charge in [-0.15, -0.1) is 0 Å². The molecule has 1 saturated heterocycles. The predicted octanol–water partition coefficient (Wildman–Crippen LogP) is 1.95. The molecule has 5 heteroatoms. The summed E-state index contributed by atoms with van der Waals surface area (Å²) in [6.07, 6.45) is 3.28. The van der Waals surface area contributed by atoms with Crippen LogP contribution in [0, 0.1) is 11.7 Å². The highest BCUT2D eigenvalue weighted by atomic mass is 19.1. The smallest absolute Gasteiger partial charge is 0.123 e. The summed E-state index contributed by atoms with van der Waals surface area (Å²) in [4.78, 5) is 2.24. The fraction of sp³-hybridized carbons (Fsp3) is 0.667. The van der Waals surface area contributed by atoms with Gasteiger partial charge in [0.1, 0.15) is 5.82 Å². The van der Waals surface area contributed by atoms with Gasteiger partial charge in [0.15, 0.2) is 0 Å². The molecule has 0 spiro atoms. The van der Waals surface area contributed by atoms with Crippen molar-refractivity contribution in [2.45, 2.75) is 31.4 Å². The molecule has 4 nitrogen and oxygen atoms in total. The number of aliphatic hydroxyl groups is 1. The van der Waals surface area contributed by atoms with Gasteiger partial charge in [-0.05, 0) is 36.5 Å². The van der Waals surface area contributed by atoms with E-state index < -0.39 is 6.10 Å². The van der Waals surface area contributed by atoms with Crippen LogP contribution in [-0.4, -0.2) is 55.5 Å². The number of hydrogen-bond donors (Lipinski definition) is 2. The first-order valence-corrected chi connectivity index (χ1v) is 8.69. The molecular formula is C18H27FN2O2. The van der Waals surface area contributed by atoms with Gasteiger partial charge in [0.2, 0.25) is 0 Å². The average Bonchev–Trinajstić information content (AvgIpc) is 2.51. The van der Waals surface area contributed by atoms with E-state index in [1.807, 2.05) is 12.1 Å². The summed E-state index contributed by atoms with van der Waals surface area (Å²) in [7, 11) is 0. The zero-order chi connectivity index (χ0) is 16.1. The fourth-order valence-corrected chi connectivity index (χ4v) is 3.41. The Morgan fingerprint density at radius 3 is 2.52 bits per heavy atom. The van der Waals surface area contributed by atoms with E-state index in [0.29, 0.717) is 19.0 Å². The van der Waals surface area contributed by atoms with Crippen LogP contribution in [0.2, 0.25) is 0 Å². The molecule has 1 aliphatic carbocycles. The second-order valence-corrected chi connectivity index (χ2v) is 6.70. The molecule has 0 amide bonds. The molecule has 0 aromatic heterocycles. The highest BCUT2D eigenvalue weighted by Gasteiger charge is 2.28. The molecule has 0 bridgehead atoms. The maximum absolute atomic E-state index is 13.1. The highest BCUT2D eigenvalue weighted by Crippen LogP contribution is 2.37. The van der Waals surface area contributed by atoms with Crippen molar-refractivity contribution >= 4 is 0 Å². The molecule has 23 heavy (non-hydrogen) atoms. The van der Waals surface area contributed by atoms with E-state index >= 15 is 0 Å². The first kappa shape index (κ1) is 16.8. The Morgan fingerprint density at radius 2 is 1.91 bits per heavy atom. The van der Waals surface area contributed by atoms with Gasteiger partial charge < -0.3 is 15.2 Å². The second-order valence-electron chi connectivity index (χ2n) is 6.70. The van der Waals surface area contributed by atoms with Crippen LogP contribution in [-0.2, 0) is 4.74 Å². The SMILES string of the molecule is OC(CNC(c1ccc(F)cc1)C1CCC1)CN1CCOCC1. The average molecular weight is 322 g/mol. The summed E-state index contributed by atoms with van der Waals surface area (Å²) in [5.74, 6) is 0.393. The third kappa shape index (κ3) is 4.73. The number of hydrogen-bond acceptors (Lipinski definition) is 4. The Morgan fingerprint density at radius 1 is 1.22 bits per heavy atom. The number of rotatable bonds is 7. The summed E-state index contributed by atoms with van der Waals surface area (Å²) in [6, 6.07) is 6.97. The first-order valence-electron chi connectivity index (χ1n) is 8.69. The van der Waals surface area contributed by atoms with Gasteiger partial charge in [-0.25, -0.2) is 4.39 Å². The van der Waals surface area contributed by atoms with Crippen molar-refractivity contribution in [2.75, 3.05) is 39.4 Å². The van der Waals surface area contributed by atoms with E-state index in [2.05, 4.69) is 10.2 Å². The van der Waals surface area contributed by atoms with Crippen LogP contribution < -0.4 is 5.32 Å². The van der Waals surface area contributed by atoms with Crippen molar-refractivity contribution in [1.82, 2.24) is 10.2 Å². The lowest BCUT2D eigenvalue weighted by Gasteiger charge is -2.36. The minimum absolute atomic E-state index is 0.200. The minimum atomic E-state index is -0.392. The van der Waals surface area contributed by atoms with Crippen LogP contribution in [0.1, 0.15) is 30.9 Å². The second kappa shape index (κ2) is 8.20. The fourth-order valence-electron chi connectivity index (χ4n) is 3.41. The zero-order valence-electron chi connectivity index (χ0n) is 13.6. The molecule has 1 heterocycles. The predicted molar refractivity (Wildman–Crippen MR) is 87.8 cm³/mol. The molecule has 2 N–H and O–H groups in total. The highest BCUT2D eigenvalue weighted by molar-refractivity contribution is 5.21. The van der Waals surface area contributed by atoms with Crippen molar-refractivity contribution in [1.29, 1.82) is 0 Å². The third-order valence-corrected chi connectivity index (χ3v) is 5.00. The van der Waals surface area contributed by atoms with Crippen LogP contribution in [0.5, 0.6) is 0 Å². The van der Waals surface area contributed by atoms with E-state index in [-0.39, 0.29) is 11.9 Å². The Hall–Kier alpha value is -1.01. The molecule has 128 valence electrons. The molecular weight excluding hydrogens is 295 g/mol. The molecule has 1 saturated carbocycles. The standard InChI is InChI=1S/C18H27FN2O2/c19-16-6-4-15(5-7-16)18(14-2-1-3-14)20-12-17(22)13-21-8-10-23-11-9-21/h4-7,14,17-18,20,22H,1-3,8-13H2. The van der Waals surface area contributed by atoms with Crippen LogP contribution >= 0.6 is 0 Å². The van der Waals surface area contributed by atoms with Gasteiger partial charge in [-0.3, -0.25) is 4.90 Å². The third-order valence-electron chi connectivity index (χ3n) is 5.00. The van der Waals surface area contributed by atoms with Crippen LogP contribution in [0.25, 0.3) is 0 Å². The summed E-state index contributed by atoms with van der Waals surface area (Å²) >= 11 is 0. The number of β-amino-alcohol motifs (C(OH)–C–C–N with tert-alkyl or cyclic N) is 1. The van der Waals surface area contributed by atoms with Crippen molar-refractivity contribution in [2.24, 2.45) is 5.92 Å². The molecule has 2 fully saturated rings. The number of nitrogens with zero attached hydrogens (tertiary/aromatic N) is 1. The lowest BCUT2D eigenvalue weighted by atomic mass is 9.77. The van der Waals surface area contributed by atoms with Crippen molar-refractivity contribution in [3.05, 3.63) is 35.6 Å². The summed E-state index contributed by atoms with van der Waals surface area (Å²) in [6.45, 7) is 4.52. The van der Waals surface area contributed by atoms with Crippen molar-refractivity contribution in [3.8, 4) is 0 Å². The molecule has 1 aliphatic heterocycles. The topological polar surface area (TPSA) is 44.7 Å². The monoisotopic (exact) mass is 322 g/mol. The largest absolute Gasteiger partial charge is 0.390 e. The van der Waals surface area contributed by atoms with Gasteiger partial charge in [0, 0.05) is 32.2 Å². The Bertz CT molecular complexity index is 472. The Balaban J connectivity index is 1.52. The normalized spacial score (nSPS) is 22.5. The minimum Gasteiger partial charge on any atom is -0.390 e. The number of ether oxygens (including phenoxy) is 1. The first-order chi connectivity index (χ1) is 11.2. The molecule has 2 aliphatic rings. The number of halogens is 1. The number of benzene rings is 1. The lowest BCUT2D eigenvalue weighted by Crippen LogP contribution is -2.45. The summed E-state index contributed by atoms with van der Waals surface area (Å²) in [5, 5.41) is 13.8. The van der Waals surface area contributed by atoms with Gasteiger partial charge >= 0.3 is 0 Å².